The summed E-state index contributed by atoms with van der Waals surface area (Å²) in [5.41, 5.74) is 6.68. The van der Waals surface area contributed by atoms with Gasteiger partial charge in [0.1, 0.15) is 0 Å². The minimum Gasteiger partial charge on any atom is -0.426 e. The predicted octanol–water partition coefficient (Wildman–Crippen LogP) is 2.16. The lowest BCUT2D eigenvalue weighted by Crippen LogP contribution is -2.37. The molecule has 4 heteroatoms. The van der Waals surface area contributed by atoms with Crippen LogP contribution < -0.4 is 5.73 Å². The highest BCUT2D eigenvalue weighted by molar-refractivity contribution is 5.81. The number of aliphatic hydroxyl groups is 1. The summed E-state index contributed by atoms with van der Waals surface area (Å²) in [4.78, 5) is 11.4. The van der Waals surface area contributed by atoms with Crippen molar-refractivity contribution < 1.29 is 14.6 Å². The van der Waals surface area contributed by atoms with Crippen LogP contribution in [0.5, 0.6) is 0 Å². The molecule has 1 atom stereocenters. The molecule has 0 radical (unpaired) electrons. The smallest absolute Gasteiger partial charge is 0.332 e. The van der Waals surface area contributed by atoms with Gasteiger partial charge in [0.05, 0.1) is 0 Å². The molecule has 0 aromatic heterocycles. The Bertz CT molecular complexity index is 477. The molecule has 4 nitrogen and oxygen atoms in total. The molecule has 0 saturated carbocycles. The van der Waals surface area contributed by atoms with Crippen LogP contribution in [-0.4, -0.2) is 11.1 Å². The van der Waals surface area contributed by atoms with E-state index < -0.39 is 17.3 Å². The molecule has 0 heterocycles. The van der Waals surface area contributed by atoms with Crippen molar-refractivity contribution in [3.8, 4) is 0 Å². The zero-order valence-electron chi connectivity index (χ0n) is 11.6. The number of carbonyl (C=O) groups excluding carboxylic acids is 1. The average molecular weight is 263 g/mol. The Balaban J connectivity index is 3.33. The summed E-state index contributed by atoms with van der Waals surface area (Å²) in [5, 5.41) is 10.6. The Labute approximate surface area is 113 Å². The molecule has 104 valence electrons. The van der Waals surface area contributed by atoms with Crippen molar-refractivity contribution >= 4 is 5.97 Å². The molecule has 0 fully saturated rings. The molecule has 0 spiro atoms. The lowest BCUT2D eigenvalue weighted by Gasteiger charge is -2.32. The predicted molar refractivity (Wildman–Crippen MR) is 74.1 cm³/mol. The molecule has 0 amide bonds. The zero-order valence-corrected chi connectivity index (χ0v) is 11.6. The van der Waals surface area contributed by atoms with E-state index in [1.165, 1.54) is 0 Å². The molecular weight excluding hydrogens is 242 g/mol. The second-order valence-electron chi connectivity index (χ2n) is 5.03. The lowest BCUT2D eigenvalue weighted by molar-refractivity contribution is -0.212. The number of hydrogen-bond acceptors (Lipinski definition) is 4. The molecule has 1 aromatic rings. The van der Waals surface area contributed by atoms with Gasteiger partial charge in [0, 0.05) is 23.6 Å². The van der Waals surface area contributed by atoms with Crippen molar-refractivity contribution in [2.45, 2.75) is 38.5 Å². The maximum absolute atomic E-state index is 11.4. The van der Waals surface area contributed by atoms with E-state index in [0.29, 0.717) is 5.56 Å². The third-order valence-corrected chi connectivity index (χ3v) is 2.96. The van der Waals surface area contributed by atoms with Crippen LogP contribution in [0.15, 0.2) is 36.9 Å². The molecule has 0 bridgehead atoms. The number of hydrogen-bond donors (Lipinski definition) is 2. The van der Waals surface area contributed by atoms with Gasteiger partial charge < -0.3 is 15.6 Å². The van der Waals surface area contributed by atoms with E-state index in [1.807, 2.05) is 26.0 Å². The summed E-state index contributed by atoms with van der Waals surface area (Å²) in [7, 11) is 0. The minimum absolute atomic E-state index is 0.222. The van der Waals surface area contributed by atoms with Gasteiger partial charge in [-0.05, 0) is 19.4 Å². The summed E-state index contributed by atoms with van der Waals surface area (Å²) < 4.78 is 5.10. The summed E-state index contributed by atoms with van der Waals surface area (Å²) in [6, 6.07) is 7.13. The molecular formula is C15H21NO3. The normalized spacial score (nSPS) is 14.6. The first-order valence-corrected chi connectivity index (χ1v) is 6.21. The molecule has 1 rings (SSSR count). The van der Waals surface area contributed by atoms with Crippen LogP contribution in [0.25, 0.3) is 0 Å². The third-order valence-electron chi connectivity index (χ3n) is 2.96. The van der Waals surface area contributed by atoms with Crippen LogP contribution >= 0.6 is 0 Å². The van der Waals surface area contributed by atoms with Crippen molar-refractivity contribution in [2.75, 3.05) is 0 Å². The van der Waals surface area contributed by atoms with Crippen LogP contribution in [0.2, 0.25) is 0 Å². The Kier molecular flexibility index (Phi) is 4.50. The van der Waals surface area contributed by atoms with Gasteiger partial charge in [0.2, 0.25) is 5.79 Å². The molecule has 19 heavy (non-hydrogen) atoms. The van der Waals surface area contributed by atoms with Crippen molar-refractivity contribution in [1.82, 2.24) is 0 Å². The molecule has 0 aliphatic carbocycles. The Morgan fingerprint density at radius 3 is 2.37 bits per heavy atom. The summed E-state index contributed by atoms with van der Waals surface area (Å²) in [5.74, 6) is -2.37. The van der Waals surface area contributed by atoms with Gasteiger partial charge in [-0.3, -0.25) is 0 Å². The van der Waals surface area contributed by atoms with Crippen molar-refractivity contribution in [3.63, 3.8) is 0 Å². The van der Waals surface area contributed by atoms with E-state index in [-0.39, 0.29) is 6.42 Å². The highest BCUT2D eigenvalue weighted by Gasteiger charge is 2.35. The zero-order chi connectivity index (χ0) is 14.7. The summed E-state index contributed by atoms with van der Waals surface area (Å²) in [6.07, 6.45) is 1.25. The fourth-order valence-electron chi connectivity index (χ4n) is 1.91. The average Bonchev–Trinajstić information content (AvgIpc) is 2.37. The van der Waals surface area contributed by atoms with Gasteiger partial charge in [-0.2, -0.15) is 0 Å². The van der Waals surface area contributed by atoms with Gasteiger partial charge >= 0.3 is 5.97 Å². The van der Waals surface area contributed by atoms with E-state index >= 15 is 0 Å². The third kappa shape index (κ3) is 3.43. The number of esters is 1. The Morgan fingerprint density at radius 2 is 1.95 bits per heavy atom. The first kappa shape index (κ1) is 15.4. The van der Waals surface area contributed by atoms with E-state index in [1.54, 1.807) is 19.1 Å². The van der Waals surface area contributed by atoms with Gasteiger partial charge in [0.25, 0.3) is 0 Å². The number of benzene rings is 1. The number of ether oxygens (including phenoxy) is 1. The van der Waals surface area contributed by atoms with E-state index in [4.69, 9.17) is 10.5 Å². The molecule has 0 aliphatic heterocycles. The second-order valence-corrected chi connectivity index (χ2v) is 5.03. The molecule has 1 aromatic carbocycles. The van der Waals surface area contributed by atoms with Crippen molar-refractivity contribution in [3.05, 3.63) is 48.0 Å². The number of carbonyl (C=O) groups is 1. The van der Waals surface area contributed by atoms with Crippen LogP contribution in [-0.2, 0) is 20.9 Å². The largest absolute Gasteiger partial charge is 0.426 e. The van der Waals surface area contributed by atoms with E-state index in [0.717, 1.165) is 11.6 Å². The van der Waals surface area contributed by atoms with Crippen LogP contribution in [0.4, 0.5) is 0 Å². The van der Waals surface area contributed by atoms with Gasteiger partial charge in [0.15, 0.2) is 0 Å². The molecule has 0 aliphatic rings. The van der Waals surface area contributed by atoms with E-state index in [2.05, 4.69) is 6.58 Å². The molecule has 1 unspecified atom stereocenters. The highest BCUT2D eigenvalue weighted by atomic mass is 16.7. The minimum atomic E-state index is -1.70. The Morgan fingerprint density at radius 1 is 1.42 bits per heavy atom. The quantitative estimate of drug-likeness (QED) is 0.485. The van der Waals surface area contributed by atoms with Crippen molar-refractivity contribution in [1.29, 1.82) is 0 Å². The highest BCUT2D eigenvalue weighted by Crippen LogP contribution is 2.33. The topological polar surface area (TPSA) is 72.5 Å². The summed E-state index contributed by atoms with van der Waals surface area (Å²) >= 11 is 0. The molecule has 3 N–H and O–H groups in total. The van der Waals surface area contributed by atoms with Crippen LogP contribution in [0.3, 0.4) is 0 Å². The monoisotopic (exact) mass is 263 g/mol. The Hall–Kier alpha value is -1.65. The lowest BCUT2D eigenvalue weighted by atomic mass is 9.86. The number of nitrogens with two attached hydrogens (primary N) is 1. The first-order valence-electron chi connectivity index (χ1n) is 6.21. The number of rotatable bonds is 5. The second kappa shape index (κ2) is 5.55. The maximum atomic E-state index is 11.4. The van der Waals surface area contributed by atoms with E-state index in [9.17, 15) is 9.90 Å². The summed E-state index contributed by atoms with van der Waals surface area (Å²) in [6.45, 7) is 8.73. The maximum Gasteiger partial charge on any atom is 0.332 e. The van der Waals surface area contributed by atoms with Gasteiger partial charge in [-0.1, -0.05) is 37.8 Å². The standard InChI is InChI=1S/C15H21NO3/c1-5-13(17)19-15(18,6-2)12-10-8-7-9-11(12)14(3,4)16/h5,7-10,18H,1,6,16H2,2-4H3. The first-order chi connectivity index (χ1) is 8.74. The fraction of sp³-hybridized carbons (Fsp3) is 0.400. The van der Waals surface area contributed by atoms with Crippen LogP contribution in [0, 0.1) is 0 Å². The van der Waals surface area contributed by atoms with Gasteiger partial charge in [-0.25, -0.2) is 4.79 Å². The fourth-order valence-corrected chi connectivity index (χ4v) is 1.91. The SMILES string of the molecule is C=CC(=O)OC(O)(CC)c1ccccc1C(C)(C)N. The van der Waals surface area contributed by atoms with Gasteiger partial charge in [-0.15, -0.1) is 0 Å². The van der Waals surface area contributed by atoms with Crippen molar-refractivity contribution in [2.24, 2.45) is 5.73 Å². The van der Waals surface area contributed by atoms with Crippen LogP contribution in [0.1, 0.15) is 38.3 Å². The molecule has 0 saturated heterocycles.